The van der Waals surface area contributed by atoms with Gasteiger partial charge in [0.25, 0.3) is 0 Å². The molecule has 1 saturated heterocycles. The Morgan fingerprint density at radius 3 is 2.63 bits per heavy atom. The van der Waals surface area contributed by atoms with Gasteiger partial charge in [-0.05, 0) is 33.2 Å². The lowest BCUT2D eigenvalue weighted by molar-refractivity contribution is -0.139. The molecule has 2 N–H and O–H groups in total. The molecular weight excluding hydrogens is 259 g/mol. The van der Waals surface area contributed by atoms with Crippen molar-refractivity contribution in [3.63, 3.8) is 0 Å². The van der Waals surface area contributed by atoms with Crippen molar-refractivity contribution in [2.75, 3.05) is 26.2 Å². The molecule has 0 radical (unpaired) electrons. The fourth-order valence-corrected chi connectivity index (χ4v) is 2.09. The fourth-order valence-electron chi connectivity index (χ4n) is 2.09. The molecule has 1 heterocycles. The summed E-state index contributed by atoms with van der Waals surface area (Å²) in [6, 6.07) is 0.455. The molecule has 1 amide bonds. The molecule has 0 bridgehead atoms. The molecule has 0 aliphatic carbocycles. The van der Waals surface area contributed by atoms with E-state index in [0.29, 0.717) is 12.6 Å². The molecule has 0 aromatic rings. The Bertz CT molecular complexity index is 288. The molecule has 0 aromatic heterocycles. The normalized spacial score (nSPS) is 20.3. The molecule has 19 heavy (non-hydrogen) atoms. The highest BCUT2D eigenvalue weighted by Crippen LogP contribution is 2.12. The van der Waals surface area contributed by atoms with Crippen molar-refractivity contribution >= 4 is 5.91 Å². The van der Waals surface area contributed by atoms with Crippen molar-refractivity contribution in [2.24, 2.45) is 0 Å². The van der Waals surface area contributed by atoms with Crippen LogP contribution in [0.2, 0.25) is 0 Å². The first-order valence-electron chi connectivity index (χ1n) is 6.59. The van der Waals surface area contributed by atoms with Gasteiger partial charge in [0.2, 0.25) is 5.91 Å². The number of carbonyl (C=O) groups is 1. The van der Waals surface area contributed by atoms with E-state index in [1.54, 1.807) is 0 Å². The molecule has 1 atom stereocenters. The molecule has 7 heteroatoms. The molecule has 1 aliphatic heterocycles. The second-order valence-corrected chi connectivity index (χ2v) is 5.21. The van der Waals surface area contributed by atoms with Gasteiger partial charge in [-0.1, -0.05) is 0 Å². The smallest absolute Gasteiger partial charge is 0.346 e. The van der Waals surface area contributed by atoms with Gasteiger partial charge in [0, 0.05) is 18.6 Å². The average Bonchev–Trinajstić information content (AvgIpc) is 2.77. The van der Waals surface area contributed by atoms with Crippen LogP contribution in [0.5, 0.6) is 0 Å². The van der Waals surface area contributed by atoms with E-state index >= 15 is 0 Å². The van der Waals surface area contributed by atoms with E-state index in [1.807, 2.05) is 24.1 Å². The second-order valence-electron chi connectivity index (χ2n) is 5.21. The molecule has 0 saturated carbocycles. The zero-order chi connectivity index (χ0) is 14.5. The summed E-state index contributed by atoms with van der Waals surface area (Å²) in [5, 5.41) is 5.22. The van der Waals surface area contributed by atoms with E-state index in [9.17, 15) is 18.0 Å². The van der Waals surface area contributed by atoms with E-state index < -0.39 is 18.6 Å². The minimum Gasteiger partial charge on any atom is -0.346 e. The van der Waals surface area contributed by atoms with Gasteiger partial charge in [-0.3, -0.25) is 9.69 Å². The topological polar surface area (TPSA) is 44.4 Å². The number of rotatable bonds is 6. The van der Waals surface area contributed by atoms with Gasteiger partial charge in [0.1, 0.15) is 6.54 Å². The quantitative estimate of drug-likeness (QED) is 0.767. The Morgan fingerprint density at radius 2 is 2.16 bits per heavy atom. The third kappa shape index (κ3) is 6.77. The van der Waals surface area contributed by atoms with E-state index in [0.717, 1.165) is 19.4 Å². The molecule has 1 unspecified atom stereocenters. The third-order valence-electron chi connectivity index (χ3n) is 3.18. The molecule has 1 fully saturated rings. The summed E-state index contributed by atoms with van der Waals surface area (Å²) in [4.78, 5) is 13.4. The SMILES string of the molecule is CC(C)N(CC(=O)NCC(F)(F)F)CC1CCCN1. The maximum atomic E-state index is 12.0. The molecule has 4 nitrogen and oxygen atoms in total. The van der Waals surface area contributed by atoms with Gasteiger partial charge < -0.3 is 10.6 Å². The van der Waals surface area contributed by atoms with Crippen LogP contribution < -0.4 is 10.6 Å². The number of nitrogens with one attached hydrogen (secondary N) is 2. The van der Waals surface area contributed by atoms with Crippen molar-refractivity contribution in [3.8, 4) is 0 Å². The molecule has 1 aliphatic rings. The number of hydrogen-bond donors (Lipinski definition) is 2. The largest absolute Gasteiger partial charge is 0.405 e. The highest BCUT2D eigenvalue weighted by atomic mass is 19.4. The van der Waals surface area contributed by atoms with Crippen LogP contribution in [0.3, 0.4) is 0 Å². The number of hydrogen-bond acceptors (Lipinski definition) is 3. The van der Waals surface area contributed by atoms with E-state index in [4.69, 9.17) is 0 Å². The van der Waals surface area contributed by atoms with Crippen LogP contribution in [0, 0.1) is 0 Å². The Labute approximate surface area is 111 Å². The number of carbonyl (C=O) groups excluding carboxylic acids is 1. The number of halogens is 3. The second kappa shape index (κ2) is 7.09. The predicted molar refractivity (Wildman–Crippen MR) is 66.8 cm³/mol. The minimum atomic E-state index is -4.36. The van der Waals surface area contributed by atoms with Gasteiger partial charge in [0.15, 0.2) is 0 Å². The lowest BCUT2D eigenvalue weighted by atomic mass is 10.2. The van der Waals surface area contributed by atoms with Gasteiger partial charge in [0.05, 0.1) is 6.54 Å². The summed E-state index contributed by atoms with van der Waals surface area (Å²) in [6.07, 6.45) is -2.20. The standard InChI is InChI=1S/C12H22F3N3O/c1-9(2)18(6-10-4-3-5-16-10)7-11(19)17-8-12(13,14)15/h9-10,16H,3-8H2,1-2H3,(H,17,19). The molecule has 112 valence electrons. The lowest BCUT2D eigenvalue weighted by Gasteiger charge is -2.28. The molecule has 1 rings (SSSR count). The van der Waals surface area contributed by atoms with Gasteiger partial charge in [-0.15, -0.1) is 0 Å². The van der Waals surface area contributed by atoms with Crippen molar-refractivity contribution in [2.45, 2.75) is 44.9 Å². The maximum absolute atomic E-state index is 12.0. The Kier molecular flexibility index (Phi) is 6.06. The van der Waals surface area contributed by atoms with E-state index in [1.165, 1.54) is 0 Å². The lowest BCUT2D eigenvalue weighted by Crippen LogP contribution is -2.47. The summed E-state index contributed by atoms with van der Waals surface area (Å²) in [5.41, 5.74) is 0. The van der Waals surface area contributed by atoms with Crippen molar-refractivity contribution < 1.29 is 18.0 Å². The number of amides is 1. The third-order valence-corrected chi connectivity index (χ3v) is 3.18. The zero-order valence-electron chi connectivity index (χ0n) is 11.4. The van der Waals surface area contributed by atoms with E-state index in [-0.39, 0.29) is 12.6 Å². The van der Waals surface area contributed by atoms with Crippen LogP contribution >= 0.6 is 0 Å². The van der Waals surface area contributed by atoms with Crippen molar-refractivity contribution in [3.05, 3.63) is 0 Å². The fraction of sp³-hybridized carbons (Fsp3) is 0.917. The first-order valence-corrected chi connectivity index (χ1v) is 6.59. The van der Waals surface area contributed by atoms with Crippen LogP contribution in [-0.2, 0) is 4.79 Å². The van der Waals surface area contributed by atoms with Crippen molar-refractivity contribution in [1.82, 2.24) is 15.5 Å². The first kappa shape index (κ1) is 16.2. The van der Waals surface area contributed by atoms with Crippen LogP contribution in [0.4, 0.5) is 13.2 Å². The Hall–Kier alpha value is -0.820. The van der Waals surface area contributed by atoms with Crippen molar-refractivity contribution in [1.29, 1.82) is 0 Å². The van der Waals surface area contributed by atoms with Crippen LogP contribution in [0.15, 0.2) is 0 Å². The summed E-state index contributed by atoms with van der Waals surface area (Å²) < 4.78 is 36.0. The Morgan fingerprint density at radius 1 is 1.47 bits per heavy atom. The molecule has 0 spiro atoms. The summed E-state index contributed by atoms with van der Waals surface area (Å²) in [5.74, 6) is -0.580. The van der Waals surface area contributed by atoms with Gasteiger partial charge >= 0.3 is 6.18 Å². The highest BCUT2D eigenvalue weighted by molar-refractivity contribution is 5.78. The highest BCUT2D eigenvalue weighted by Gasteiger charge is 2.28. The summed E-state index contributed by atoms with van der Waals surface area (Å²) >= 11 is 0. The molecular formula is C12H22F3N3O. The first-order chi connectivity index (χ1) is 8.78. The summed E-state index contributed by atoms with van der Waals surface area (Å²) in [6.45, 7) is 4.28. The monoisotopic (exact) mass is 281 g/mol. The molecule has 0 aromatic carbocycles. The zero-order valence-corrected chi connectivity index (χ0v) is 11.4. The maximum Gasteiger partial charge on any atom is 0.405 e. The number of alkyl halides is 3. The number of nitrogens with zero attached hydrogens (tertiary/aromatic N) is 1. The van der Waals surface area contributed by atoms with Crippen LogP contribution in [0.1, 0.15) is 26.7 Å². The van der Waals surface area contributed by atoms with Crippen LogP contribution in [0.25, 0.3) is 0 Å². The predicted octanol–water partition coefficient (Wildman–Crippen LogP) is 1.13. The summed E-state index contributed by atoms with van der Waals surface area (Å²) in [7, 11) is 0. The van der Waals surface area contributed by atoms with E-state index in [2.05, 4.69) is 5.32 Å². The Balaban J connectivity index is 2.37. The van der Waals surface area contributed by atoms with Crippen LogP contribution in [-0.4, -0.2) is 55.2 Å². The van der Waals surface area contributed by atoms with Gasteiger partial charge in [-0.2, -0.15) is 13.2 Å². The van der Waals surface area contributed by atoms with Gasteiger partial charge in [-0.25, -0.2) is 0 Å². The minimum absolute atomic E-state index is 0.00588. The average molecular weight is 281 g/mol.